The van der Waals surface area contributed by atoms with Crippen LogP contribution in [0.4, 0.5) is 34.1 Å². The van der Waals surface area contributed by atoms with Gasteiger partial charge in [-0.1, -0.05) is 60.7 Å². The fraction of sp³-hybridized carbons (Fsp3) is 0.0625. The molecule has 34 heavy (non-hydrogen) atoms. The molecule has 0 radical (unpaired) electrons. The predicted molar refractivity (Wildman–Crippen MR) is 145 cm³/mol. The number of nitrogens with zero attached hydrogens (tertiary/aromatic N) is 2. The molecule has 0 unspecified atom stereocenters. The molecule has 2 heteroatoms. The van der Waals surface area contributed by atoms with Crippen LogP contribution in [-0.4, -0.2) is 0 Å². The number of anilines is 6. The van der Waals surface area contributed by atoms with Crippen LogP contribution >= 0.6 is 0 Å². The Morgan fingerprint density at radius 1 is 0.324 bits per heavy atom. The molecule has 0 heterocycles. The van der Waals surface area contributed by atoms with Crippen LogP contribution < -0.4 is 9.80 Å². The Labute approximate surface area is 202 Å². The van der Waals surface area contributed by atoms with Gasteiger partial charge in [0.05, 0.1) is 0 Å². The average Bonchev–Trinajstić information content (AvgIpc) is 2.87. The monoisotopic (exact) mass is 440 g/mol. The minimum atomic E-state index is 1.12. The van der Waals surface area contributed by atoms with Crippen molar-refractivity contribution in [2.75, 3.05) is 9.80 Å². The average molecular weight is 441 g/mol. The van der Waals surface area contributed by atoms with Crippen molar-refractivity contribution < 1.29 is 0 Å². The summed E-state index contributed by atoms with van der Waals surface area (Å²) in [5.74, 6) is 0. The highest BCUT2D eigenvalue weighted by Crippen LogP contribution is 2.39. The molecule has 0 bridgehead atoms. The van der Waals surface area contributed by atoms with Gasteiger partial charge < -0.3 is 9.80 Å². The Morgan fingerprint density at radius 2 is 0.647 bits per heavy atom. The molecule has 5 aromatic rings. The minimum absolute atomic E-state index is 1.12. The van der Waals surface area contributed by atoms with Gasteiger partial charge in [-0.05, 0) is 97.8 Å². The zero-order valence-corrected chi connectivity index (χ0v) is 19.6. The summed E-state index contributed by atoms with van der Waals surface area (Å²) >= 11 is 0. The van der Waals surface area contributed by atoms with Crippen LogP contribution in [0.3, 0.4) is 0 Å². The minimum Gasteiger partial charge on any atom is -0.311 e. The molecule has 0 aliphatic carbocycles. The third-order valence-corrected chi connectivity index (χ3v) is 5.91. The second-order valence-electron chi connectivity index (χ2n) is 8.54. The molecule has 0 aromatic heterocycles. The summed E-state index contributed by atoms with van der Waals surface area (Å²) < 4.78 is 0. The van der Waals surface area contributed by atoms with Crippen molar-refractivity contribution in [2.45, 2.75) is 13.8 Å². The molecule has 2 nitrogen and oxygen atoms in total. The van der Waals surface area contributed by atoms with Crippen LogP contribution in [0.5, 0.6) is 0 Å². The summed E-state index contributed by atoms with van der Waals surface area (Å²) in [5, 5.41) is 0. The van der Waals surface area contributed by atoms with Crippen LogP contribution in [0.15, 0.2) is 133 Å². The summed E-state index contributed by atoms with van der Waals surface area (Å²) in [6.45, 7) is 4.28. The normalized spacial score (nSPS) is 10.6. The van der Waals surface area contributed by atoms with Gasteiger partial charge in [0.2, 0.25) is 0 Å². The smallest absolute Gasteiger partial charge is 0.0464 e. The fourth-order valence-corrected chi connectivity index (χ4v) is 4.33. The fourth-order valence-electron chi connectivity index (χ4n) is 4.33. The highest BCUT2D eigenvalue weighted by molar-refractivity contribution is 5.81. The molecule has 0 saturated heterocycles. The highest BCUT2D eigenvalue weighted by atomic mass is 15.2. The first-order valence-electron chi connectivity index (χ1n) is 11.6. The van der Waals surface area contributed by atoms with E-state index in [1.165, 1.54) is 11.1 Å². The maximum atomic E-state index is 2.32. The Kier molecular flexibility index (Phi) is 6.13. The van der Waals surface area contributed by atoms with Gasteiger partial charge in [0, 0.05) is 34.1 Å². The number of aryl methyl sites for hydroxylation is 2. The van der Waals surface area contributed by atoms with Crippen molar-refractivity contribution in [3.63, 3.8) is 0 Å². The molecule has 0 fully saturated rings. The zero-order valence-electron chi connectivity index (χ0n) is 19.6. The molecule has 0 atom stereocenters. The van der Waals surface area contributed by atoms with Crippen molar-refractivity contribution in [1.82, 2.24) is 0 Å². The second kappa shape index (κ2) is 9.68. The van der Waals surface area contributed by atoms with Gasteiger partial charge in [-0.3, -0.25) is 0 Å². The lowest BCUT2D eigenvalue weighted by Gasteiger charge is -2.28. The van der Waals surface area contributed by atoms with Gasteiger partial charge in [-0.25, -0.2) is 0 Å². The topological polar surface area (TPSA) is 6.48 Å². The third-order valence-electron chi connectivity index (χ3n) is 5.91. The largest absolute Gasteiger partial charge is 0.311 e. The molecule has 0 saturated carbocycles. The molecule has 5 rings (SSSR count). The zero-order chi connectivity index (χ0) is 23.3. The molecule has 0 aliphatic rings. The lowest BCUT2D eigenvalue weighted by Crippen LogP contribution is -2.12. The van der Waals surface area contributed by atoms with Gasteiger partial charge in [0.15, 0.2) is 0 Å². The lowest BCUT2D eigenvalue weighted by atomic mass is 10.1. The van der Waals surface area contributed by atoms with Crippen molar-refractivity contribution in [1.29, 1.82) is 0 Å². The first kappa shape index (κ1) is 21.5. The summed E-state index contributed by atoms with van der Waals surface area (Å²) in [7, 11) is 0. The standard InChI is InChI=1S/C32H28N2/c1-25-11-9-17-31(23-25)34(32-18-10-12-26(2)24-32)30-21-19-29(20-22-30)33(27-13-5-3-6-14-27)28-15-7-4-8-16-28/h3-24H,1-2H3. The van der Waals surface area contributed by atoms with E-state index in [0.29, 0.717) is 0 Å². The number of benzene rings is 5. The molecule has 5 aromatic carbocycles. The quantitative estimate of drug-likeness (QED) is 0.259. The van der Waals surface area contributed by atoms with Crippen molar-refractivity contribution in [3.8, 4) is 0 Å². The van der Waals surface area contributed by atoms with E-state index in [-0.39, 0.29) is 0 Å². The maximum absolute atomic E-state index is 2.32. The Morgan fingerprint density at radius 3 is 1.03 bits per heavy atom. The van der Waals surface area contributed by atoms with Crippen molar-refractivity contribution in [2.24, 2.45) is 0 Å². The van der Waals surface area contributed by atoms with Crippen molar-refractivity contribution in [3.05, 3.63) is 145 Å². The number of hydrogen-bond acceptors (Lipinski definition) is 2. The summed E-state index contributed by atoms with van der Waals surface area (Å²) in [6, 6.07) is 47.1. The second-order valence-corrected chi connectivity index (χ2v) is 8.54. The van der Waals surface area contributed by atoms with Crippen molar-refractivity contribution >= 4 is 34.1 Å². The van der Waals surface area contributed by atoms with Crippen LogP contribution in [0.25, 0.3) is 0 Å². The van der Waals surface area contributed by atoms with Crippen LogP contribution in [-0.2, 0) is 0 Å². The summed E-state index contributed by atoms with van der Waals surface area (Å²) in [4.78, 5) is 4.60. The number of hydrogen-bond donors (Lipinski definition) is 0. The van der Waals surface area contributed by atoms with Crippen LogP contribution in [0.2, 0.25) is 0 Å². The van der Waals surface area contributed by atoms with E-state index >= 15 is 0 Å². The van der Waals surface area contributed by atoms with E-state index in [9.17, 15) is 0 Å². The SMILES string of the molecule is Cc1cccc(N(c2ccc(N(c3ccccc3)c3ccccc3)cc2)c2cccc(C)c2)c1. The van der Waals surface area contributed by atoms with Gasteiger partial charge >= 0.3 is 0 Å². The Hall–Kier alpha value is -4.30. The van der Waals surface area contributed by atoms with E-state index in [4.69, 9.17) is 0 Å². The van der Waals surface area contributed by atoms with Crippen LogP contribution in [0.1, 0.15) is 11.1 Å². The first-order chi connectivity index (χ1) is 16.7. The van der Waals surface area contributed by atoms with E-state index < -0.39 is 0 Å². The van der Waals surface area contributed by atoms with Gasteiger partial charge in [0.1, 0.15) is 0 Å². The molecular formula is C32H28N2. The highest BCUT2D eigenvalue weighted by Gasteiger charge is 2.15. The van der Waals surface area contributed by atoms with Crippen LogP contribution in [0, 0.1) is 13.8 Å². The number of para-hydroxylation sites is 2. The van der Waals surface area contributed by atoms with Gasteiger partial charge in [-0.2, -0.15) is 0 Å². The molecule has 166 valence electrons. The van der Waals surface area contributed by atoms with Gasteiger partial charge in [-0.15, -0.1) is 0 Å². The van der Waals surface area contributed by atoms with E-state index in [0.717, 1.165) is 34.1 Å². The van der Waals surface area contributed by atoms with E-state index in [2.05, 4.69) is 157 Å². The third kappa shape index (κ3) is 4.57. The lowest BCUT2D eigenvalue weighted by molar-refractivity contribution is 1.24. The molecule has 0 amide bonds. The van der Waals surface area contributed by atoms with E-state index in [1.807, 2.05) is 0 Å². The Balaban J connectivity index is 1.59. The van der Waals surface area contributed by atoms with E-state index in [1.54, 1.807) is 0 Å². The maximum Gasteiger partial charge on any atom is 0.0464 e. The first-order valence-corrected chi connectivity index (χ1v) is 11.6. The predicted octanol–water partition coefficient (Wildman–Crippen LogP) is 9.24. The summed E-state index contributed by atoms with van der Waals surface area (Å²) in [5.41, 5.74) is 9.31. The molecule has 0 spiro atoms. The molecule has 0 aliphatic heterocycles. The summed E-state index contributed by atoms with van der Waals surface area (Å²) in [6.07, 6.45) is 0. The number of rotatable bonds is 6. The molecule has 0 N–H and O–H groups in total. The Bertz CT molecular complexity index is 1270. The van der Waals surface area contributed by atoms with Gasteiger partial charge in [0.25, 0.3) is 0 Å². The molecular weight excluding hydrogens is 412 g/mol.